The van der Waals surface area contributed by atoms with Gasteiger partial charge in [-0.1, -0.05) is 322 Å². The molecule has 0 saturated heterocycles. The summed E-state index contributed by atoms with van der Waals surface area (Å²) in [4.78, 5) is 12.5. The van der Waals surface area contributed by atoms with Gasteiger partial charge in [0.1, 0.15) is 0 Å². The smallest absolute Gasteiger partial charge is 0.220 e. The molecule has 0 aliphatic heterocycles. The highest BCUT2D eigenvalue weighted by molar-refractivity contribution is 5.76. The summed E-state index contributed by atoms with van der Waals surface area (Å²) in [6, 6.07) is -0.531. The van der Waals surface area contributed by atoms with E-state index in [-0.39, 0.29) is 12.5 Å². The molecule has 2 unspecified atom stereocenters. The topological polar surface area (TPSA) is 69.6 Å². The lowest BCUT2D eigenvalue weighted by molar-refractivity contribution is -0.123. The van der Waals surface area contributed by atoms with Crippen LogP contribution in [0.3, 0.4) is 0 Å². The van der Waals surface area contributed by atoms with Gasteiger partial charge >= 0.3 is 0 Å². The van der Waals surface area contributed by atoms with Gasteiger partial charge in [0.2, 0.25) is 5.91 Å². The molecular formula is C57H115NO3. The first-order valence-corrected chi connectivity index (χ1v) is 28.7. The van der Waals surface area contributed by atoms with Crippen molar-refractivity contribution in [3.63, 3.8) is 0 Å². The van der Waals surface area contributed by atoms with Gasteiger partial charge in [0.25, 0.3) is 0 Å². The zero-order chi connectivity index (χ0) is 44.2. The van der Waals surface area contributed by atoms with Crippen LogP contribution in [-0.4, -0.2) is 34.9 Å². The molecule has 0 heterocycles. The van der Waals surface area contributed by atoms with Crippen molar-refractivity contribution in [2.45, 2.75) is 353 Å². The lowest BCUT2D eigenvalue weighted by Gasteiger charge is -2.22. The lowest BCUT2D eigenvalue weighted by atomic mass is 10.0. The first-order chi connectivity index (χ1) is 30.2. The third-order valence-electron chi connectivity index (χ3n) is 13.9. The van der Waals surface area contributed by atoms with Gasteiger partial charge in [0.15, 0.2) is 0 Å². The largest absolute Gasteiger partial charge is 0.394 e. The van der Waals surface area contributed by atoms with Gasteiger partial charge in [-0.15, -0.1) is 0 Å². The Hall–Kier alpha value is -0.610. The van der Waals surface area contributed by atoms with Gasteiger partial charge in [0, 0.05) is 6.42 Å². The molecule has 0 fully saturated rings. The van der Waals surface area contributed by atoms with Crippen molar-refractivity contribution in [1.82, 2.24) is 5.32 Å². The van der Waals surface area contributed by atoms with Crippen LogP contribution in [0.15, 0.2) is 0 Å². The molecule has 3 N–H and O–H groups in total. The van der Waals surface area contributed by atoms with Crippen molar-refractivity contribution in [2.75, 3.05) is 6.61 Å². The second kappa shape index (κ2) is 53.7. The number of nitrogens with one attached hydrogen (secondary N) is 1. The molecule has 4 nitrogen and oxygen atoms in total. The zero-order valence-corrected chi connectivity index (χ0v) is 42.2. The molecule has 0 aromatic rings. The van der Waals surface area contributed by atoms with E-state index >= 15 is 0 Å². The minimum Gasteiger partial charge on any atom is -0.394 e. The fourth-order valence-electron chi connectivity index (χ4n) is 9.48. The van der Waals surface area contributed by atoms with Gasteiger partial charge in [-0.3, -0.25) is 4.79 Å². The molecule has 0 saturated carbocycles. The molecular weight excluding hydrogens is 747 g/mol. The lowest BCUT2D eigenvalue weighted by Crippen LogP contribution is -2.45. The molecule has 61 heavy (non-hydrogen) atoms. The van der Waals surface area contributed by atoms with Crippen molar-refractivity contribution < 1.29 is 15.0 Å². The molecule has 0 aliphatic rings. The molecule has 366 valence electrons. The van der Waals surface area contributed by atoms with Gasteiger partial charge in [-0.05, 0) is 12.8 Å². The first-order valence-electron chi connectivity index (χ1n) is 28.7. The number of hydrogen-bond donors (Lipinski definition) is 3. The summed E-state index contributed by atoms with van der Waals surface area (Å²) >= 11 is 0. The normalized spacial score (nSPS) is 12.7. The van der Waals surface area contributed by atoms with Gasteiger partial charge < -0.3 is 15.5 Å². The Morgan fingerprint density at radius 3 is 0.738 bits per heavy atom. The maximum Gasteiger partial charge on any atom is 0.220 e. The second-order valence-corrected chi connectivity index (χ2v) is 20.1. The second-order valence-electron chi connectivity index (χ2n) is 20.1. The summed E-state index contributed by atoms with van der Waals surface area (Å²) in [6.07, 6.45) is 68.1. The van der Waals surface area contributed by atoms with E-state index in [0.717, 1.165) is 25.7 Å². The maximum absolute atomic E-state index is 12.5. The van der Waals surface area contributed by atoms with Gasteiger partial charge in [-0.25, -0.2) is 0 Å². The minimum atomic E-state index is -0.655. The SMILES string of the molecule is CCCCCCCCCCCCCCCCCCCCCCCCCCCCCC(O)C(CO)NC(=O)CCCCCCCCCCCCCCCCCCCCCCCC. The van der Waals surface area contributed by atoms with Crippen molar-refractivity contribution >= 4 is 5.91 Å². The highest BCUT2D eigenvalue weighted by Gasteiger charge is 2.20. The van der Waals surface area contributed by atoms with Gasteiger partial charge in [0.05, 0.1) is 18.8 Å². The molecule has 0 bridgehead atoms. The predicted octanol–water partition coefficient (Wildman–Crippen LogP) is 18.8. The summed E-state index contributed by atoms with van der Waals surface area (Å²) in [5, 5.41) is 23.4. The molecule has 1 amide bonds. The van der Waals surface area contributed by atoms with Crippen LogP contribution in [0, 0.1) is 0 Å². The highest BCUT2D eigenvalue weighted by atomic mass is 16.3. The van der Waals surface area contributed by atoms with Gasteiger partial charge in [-0.2, -0.15) is 0 Å². The standard InChI is InChI=1S/C57H115NO3/c1-3-5-7-9-11-13-15-17-19-21-23-25-27-28-29-30-31-32-34-36-38-40-42-44-46-48-50-52-56(60)55(54-59)58-57(61)53-51-49-47-45-43-41-39-37-35-33-26-24-22-20-18-16-14-12-10-8-6-4-2/h55-56,59-60H,3-54H2,1-2H3,(H,58,61). The van der Waals surface area contributed by atoms with Crippen LogP contribution >= 0.6 is 0 Å². The van der Waals surface area contributed by atoms with Crippen LogP contribution in [0.1, 0.15) is 341 Å². The zero-order valence-electron chi connectivity index (χ0n) is 42.2. The first kappa shape index (κ1) is 60.4. The van der Waals surface area contributed by atoms with E-state index in [2.05, 4.69) is 19.2 Å². The fraction of sp³-hybridized carbons (Fsp3) is 0.982. The molecule has 0 aromatic carbocycles. The number of aliphatic hydroxyl groups excluding tert-OH is 2. The number of carbonyl (C=O) groups excluding carboxylic acids is 1. The Morgan fingerprint density at radius 1 is 0.328 bits per heavy atom. The number of hydrogen-bond acceptors (Lipinski definition) is 3. The molecule has 2 atom stereocenters. The molecule has 0 aliphatic carbocycles. The van der Waals surface area contributed by atoms with E-state index in [9.17, 15) is 15.0 Å². The molecule has 0 radical (unpaired) electrons. The Labute approximate surface area is 384 Å². The summed E-state index contributed by atoms with van der Waals surface area (Å²) < 4.78 is 0. The third kappa shape index (κ3) is 50.3. The van der Waals surface area contributed by atoms with E-state index in [0.29, 0.717) is 12.8 Å². The fourth-order valence-corrected chi connectivity index (χ4v) is 9.48. The van der Waals surface area contributed by atoms with E-state index < -0.39 is 12.1 Å². The number of unbranched alkanes of at least 4 members (excludes halogenated alkanes) is 47. The van der Waals surface area contributed by atoms with Crippen molar-refractivity contribution in [1.29, 1.82) is 0 Å². The molecule has 4 heteroatoms. The van der Waals surface area contributed by atoms with E-state index in [4.69, 9.17) is 0 Å². The average molecular weight is 863 g/mol. The highest BCUT2D eigenvalue weighted by Crippen LogP contribution is 2.19. The van der Waals surface area contributed by atoms with Crippen LogP contribution in [0.2, 0.25) is 0 Å². The van der Waals surface area contributed by atoms with Crippen LogP contribution in [0.4, 0.5) is 0 Å². The molecule has 0 rings (SSSR count). The summed E-state index contributed by atoms with van der Waals surface area (Å²) in [5.74, 6) is -0.0218. The van der Waals surface area contributed by atoms with E-state index in [1.165, 1.54) is 289 Å². The predicted molar refractivity (Wildman–Crippen MR) is 272 cm³/mol. The Bertz CT molecular complexity index is 803. The monoisotopic (exact) mass is 862 g/mol. The van der Waals surface area contributed by atoms with Crippen LogP contribution in [0.25, 0.3) is 0 Å². The quantitative estimate of drug-likeness (QED) is 0.0534. The van der Waals surface area contributed by atoms with Crippen LogP contribution < -0.4 is 5.32 Å². The number of amides is 1. The Kier molecular flexibility index (Phi) is 53.2. The minimum absolute atomic E-state index is 0.0218. The molecule has 0 spiro atoms. The van der Waals surface area contributed by atoms with E-state index in [1.807, 2.05) is 0 Å². The van der Waals surface area contributed by atoms with Crippen molar-refractivity contribution in [3.05, 3.63) is 0 Å². The number of rotatable bonds is 54. The third-order valence-corrected chi connectivity index (χ3v) is 13.9. The number of carbonyl (C=O) groups is 1. The summed E-state index contributed by atoms with van der Waals surface area (Å²) in [5.41, 5.74) is 0. The van der Waals surface area contributed by atoms with Crippen LogP contribution in [0.5, 0.6) is 0 Å². The Balaban J connectivity index is 3.39. The van der Waals surface area contributed by atoms with Crippen molar-refractivity contribution in [2.24, 2.45) is 0 Å². The maximum atomic E-state index is 12.5. The summed E-state index contributed by atoms with van der Waals surface area (Å²) in [6.45, 7) is 4.41. The van der Waals surface area contributed by atoms with E-state index in [1.54, 1.807) is 0 Å². The average Bonchev–Trinajstić information content (AvgIpc) is 3.26. The molecule has 0 aromatic heterocycles. The summed E-state index contributed by atoms with van der Waals surface area (Å²) in [7, 11) is 0. The van der Waals surface area contributed by atoms with Crippen LogP contribution in [-0.2, 0) is 4.79 Å². The Morgan fingerprint density at radius 2 is 0.525 bits per heavy atom. The van der Waals surface area contributed by atoms with Crippen molar-refractivity contribution in [3.8, 4) is 0 Å². The number of aliphatic hydroxyl groups is 2.